The quantitative estimate of drug-likeness (QED) is 0.400. The third-order valence-corrected chi connectivity index (χ3v) is 6.71. The molecule has 0 amide bonds. The van der Waals surface area contributed by atoms with Gasteiger partial charge in [-0.25, -0.2) is 0 Å². The van der Waals surface area contributed by atoms with Crippen molar-refractivity contribution in [2.45, 2.75) is 31.3 Å². The zero-order chi connectivity index (χ0) is 14.9. The SMILES string of the molecule is [Cl][Fe][Cl].[Pd].c1ccc(P(c2ccccc2)C2CCCC2)cc1. The van der Waals surface area contributed by atoms with Gasteiger partial charge >= 0.3 is 33.3 Å². The summed E-state index contributed by atoms with van der Waals surface area (Å²) in [6, 6.07) is 22.2. The van der Waals surface area contributed by atoms with Crippen molar-refractivity contribution in [3.8, 4) is 0 Å². The van der Waals surface area contributed by atoms with E-state index < -0.39 is 0 Å². The minimum Gasteiger partial charge on any atom is -0.0622 e. The van der Waals surface area contributed by atoms with E-state index in [1.54, 1.807) is 10.6 Å². The molecular formula is C17H19Cl2FePPd. The van der Waals surface area contributed by atoms with E-state index >= 15 is 0 Å². The van der Waals surface area contributed by atoms with Crippen LogP contribution in [0.1, 0.15) is 25.7 Å². The molecule has 0 atom stereocenters. The monoisotopic (exact) mass is 486 g/mol. The third-order valence-electron chi connectivity index (χ3n) is 3.76. The Labute approximate surface area is 163 Å². The van der Waals surface area contributed by atoms with Crippen molar-refractivity contribution < 1.29 is 33.6 Å². The summed E-state index contributed by atoms with van der Waals surface area (Å²) in [7, 11) is 9.38. The Hall–Kier alpha value is 0.632. The Balaban J connectivity index is 0.000000562. The molecule has 0 unspecified atom stereocenters. The Bertz CT molecular complexity index is 467. The number of hydrogen-bond donors (Lipinski definition) is 0. The van der Waals surface area contributed by atoms with Crippen LogP contribution in [0.5, 0.6) is 0 Å². The van der Waals surface area contributed by atoms with Gasteiger partial charge in [-0.2, -0.15) is 0 Å². The minimum atomic E-state index is -0.152. The normalized spacial score (nSPS) is 14.3. The van der Waals surface area contributed by atoms with E-state index in [1.165, 1.54) is 25.7 Å². The van der Waals surface area contributed by atoms with Crippen LogP contribution in [-0.2, 0) is 33.6 Å². The van der Waals surface area contributed by atoms with Crippen LogP contribution in [0.15, 0.2) is 60.7 Å². The molecule has 0 radical (unpaired) electrons. The van der Waals surface area contributed by atoms with Crippen molar-refractivity contribution in [3.63, 3.8) is 0 Å². The molecule has 124 valence electrons. The number of benzene rings is 2. The van der Waals surface area contributed by atoms with E-state index in [0.717, 1.165) is 5.66 Å². The first-order valence-corrected chi connectivity index (χ1v) is 11.6. The summed E-state index contributed by atoms with van der Waals surface area (Å²) < 4.78 is 0. The van der Waals surface area contributed by atoms with Crippen LogP contribution in [0.25, 0.3) is 0 Å². The standard InChI is InChI=1S/C17H19P.2ClH.Fe.Pd/c1-3-9-15(10-4-1)18(17-13-7-8-14-17)16-11-5-2-6-12-16;;;;/h1-6,9-12,17H,7-8,13-14H2;2*1H;;/q;;;+2;/p-2. The summed E-state index contributed by atoms with van der Waals surface area (Å²) in [5.74, 6) is 0. The van der Waals surface area contributed by atoms with Gasteiger partial charge in [-0.15, -0.1) is 0 Å². The molecule has 1 fully saturated rings. The fraction of sp³-hybridized carbons (Fsp3) is 0.294. The first-order chi connectivity index (χ1) is 10.4. The molecule has 0 nitrogen and oxygen atoms in total. The van der Waals surface area contributed by atoms with Crippen molar-refractivity contribution in [1.82, 2.24) is 0 Å². The van der Waals surface area contributed by atoms with E-state index in [-0.39, 0.29) is 41.5 Å². The van der Waals surface area contributed by atoms with Crippen molar-refractivity contribution >= 4 is 38.7 Å². The second-order valence-electron chi connectivity index (χ2n) is 5.03. The van der Waals surface area contributed by atoms with E-state index in [0.29, 0.717) is 0 Å². The predicted molar refractivity (Wildman–Crippen MR) is 93.0 cm³/mol. The first kappa shape index (κ1) is 20.7. The van der Waals surface area contributed by atoms with Crippen LogP contribution < -0.4 is 10.6 Å². The second kappa shape index (κ2) is 12.1. The molecule has 0 N–H and O–H groups in total. The van der Waals surface area contributed by atoms with Gasteiger partial charge in [0, 0.05) is 20.4 Å². The summed E-state index contributed by atoms with van der Waals surface area (Å²) in [6.07, 6.45) is 5.66. The van der Waals surface area contributed by atoms with Gasteiger partial charge in [0.1, 0.15) is 0 Å². The molecule has 0 spiro atoms. The summed E-state index contributed by atoms with van der Waals surface area (Å²) in [5.41, 5.74) is 0.893. The van der Waals surface area contributed by atoms with Gasteiger partial charge in [0.2, 0.25) is 0 Å². The van der Waals surface area contributed by atoms with Gasteiger partial charge < -0.3 is 0 Å². The van der Waals surface area contributed by atoms with Crippen molar-refractivity contribution in [2.75, 3.05) is 0 Å². The number of rotatable bonds is 3. The summed E-state index contributed by atoms with van der Waals surface area (Å²) in [6.45, 7) is 0. The van der Waals surface area contributed by atoms with Gasteiger partial charge in [-0.3, -0.25) is 0 Å². The van der Waals surface area contributed by atoms with E-state index in [9.17, 15) is 0 Å². The molecule has 1 aliphatic rings. The third kappa shape index (κ3) is 6.26. The predicted octanol–water partition coefficient (Wildman–Crippen LogP) is 5.44. The summed E-state index contributed by atoms with van der Waals surface area (Å²) in [5, 5.41) is 3.09. The molecular weight excluding hydrogens is 468 g/mol. The average Bonchev–Trinajstić information content (AvgIpc) is 3.05. The van der Waals surface area contributed by atoms with Crippen molar-refractivity contribution in [3.05, 3.63) is 60.7 Å². The molecule has 0 aliphatic heterocycles. The van der Waals surface area contributed by atoms with Crippen LogP contribution in [0.3, 0.4) is 0 Å². The van der Waals surface area contributed by atoms with Gasteiger partial charge in [0.25, 0.3) is 0 Å². The Morgan fingerprint density at radius 2 is 1.14 bits per heavy atom. The molecule has 5 heteroatoms. The molecule has 2 aromatic rings. The van der Waals surface area contributed by atoms with Crippen LogP contribution in [0.2, 0.25) is 0 Å². The topological polar surface area (TPSA) is 0 Å². The fourth-order valence-corrected chi connectivity index (χ4v) is 5.92. The Kier molecular flexibility index (Phi) is 11.3. The Morgan fingerprint density at radius 3 is 1.50 bits per heavy atom. The molecule has 1 aliphatic carbocycles. The van der Waals surface area contributed by atoms with Crippen LogP contribution >= 0.6 is 28.1 Å². The van der Waals surface area contributed by atoms with E-state index in [4.69, 9.17) is 20.2 Å². The maximum Gasteiger partial charge on any atom is 0 e. The molecule has 3 rings (SSSR count). The molecule has 0 bridgehead atoms. The minimum absolute atomic E-state index is 0. The maximum atomic E-state index is 4.76. The smallest absolute Gasteiger partial charge is 0 e. The van der Waals surface area contributed by atoms with Crippen LogP contribution in [0, 0.1) is 0 Å². The molecule has 22 heavy (non-hydrogen) atoms. The van der Waals surface area contributed by atoms with Gasteiger partial charge in [0.15, 0.2) is 0 Å². The maximum absolute atomic E-state index is 4.76. The van der Waals surface area contributed by atoms with Gasteiger partial charge in [-0.05, 0) is 37.0 Å². The van der Waals surface area contributed by atoms with Gasteiger partial charge in [-0.1, -0.05) is 73.5 Å². The second-order valence-corrected chi connectivity index (χ2v) is 9.36. The largest absolute Gasteiger partial charge is 0.0622 e. The summed E-state index contributed by atoms with van der Waals surface area (Å²) >= 11 is 0.194. The zero-order valence-electron chi connectivity index (χ0n) is 12.1. The summed E-state index contributed by atoms with van der Waals surface area (Å²) in [4.78, 5) is 0. The molecule has 0 aromatic heterocycles. The van der Waals surface area contributed by atoms with Crippen molar-refractivity contribution in [2.24, 2.45) is 0 Å². The average molecular weight is 487 g/mol. The molecule has 2 aromatic carbocycles. The van der Waals surface area contributed by atoms with Gasteiger partial charge in [0.05, 0.1) is 0 Å². The number of hydrogen-bond acceptors (Lipinski definition) is 0. The van der Waals surface area contributed by atoms with Crippen LogP contribution in [-0.4, -0.2) is 5.66 Å². The van der Waals surface area contributed by atoms with Crippen LogP contribution in [0.4, 0.5) is 0 Å². The molecule has 1 saturated carbocycles. The fourth-order valence-electron chi connectivity index (χ4n) is 2.91. The molecule has 0 heterocycles. The number of halogens is 2. The van der Waals surface area contributed by atoms with E-state index in [2.05, 4.69) is 60.7 Å². The Morgan fingerprint density at radius 1 is 0.773 bits per heavy atom. The van der Waals surface area contributed by atoms with E-state index in [1.807, 2.05) is 0 Å². The first-order valence-electron chi connectivity index (χ1n) is 7.11. The zero-order valence-corrected chi connectivity index (χ0v) is 17.1. The molecule has 0 saturated heterocycles. The van der Waals surface area contributed by atoms with Crippen molar-refractivity contribution in [1.29, 1.82) is 0 Å².